The molecule has 0 aromatic carbocycles. The number of halogens is 3. The van der Waals surface area contributed by atoms with Crippen LogP contribution in [0.25, 0.3) is 0 Å². The van der Waals surface area contributed by atoms with Gasteiger partial charge in [-0.15, -0.1) is 0 Å². The van der Waals surface area contributed by atoms with Crippen molar-refractivity contribution in [3.05, 3.63) is 21.9 Å². The van der Waals surface area contributed by atoms with Crippen LogP contribution in [0, 0.1) is 11.7 Å². The quantitative estimate of drug-likeness (QED) is 0.720. The average molecular weight is 223 g/mol. The summed E-state index contributed by atoms with van der Waals surface area (Å²) < 4.78 is 12.9. The second-order valence-corrected chi connectivity index (χ2v) is 3.85. The lowest BCUT2D eigenvalue weighted by Crippen LogP contribution is -2.03. The lowest BCUT2D eigenvalue weighted by Gasteiger charge is -2.04. The molecule has 0 radical (unpaired) electrons. The van der Waals surface area contributed by atoms with E-state index in [1.54, 1.807) is 0 Å². The van der Waals surface area contributed by atoms with E-state index in [0.29, 0.717) is 18.2 Å². The molecule has 2 nitrogen and oxygen atoms in total. The second-order valence-electron chi connectivity index (χ2n) is 3.13. The third kappa shape index (κ3) is 2.78. The van der Waals surface area contributed by atoms with Crippen LogP contribution in [0.2, 0.25) is 10.3 Å². The Kier molecular flexibility index (Phi) is 3.45. The van der Waals surface area contributed by atoms with Gasteiger partial charge in [-0.05, 0) is 5.92 Å². The van der Waals surface area contributed by atoms with Gasteiger partial charge < -0.3 is 0 Å². The highest BCUT2D eigenvalue weighted by atomic mass is 35.5. The lowest BCUT2D eigenvalue weighted by atomic mass is 10.1. The minimum absolute atomic E-state index is 0.212. The van der Waals surface area contributed by atoms with Gasteiger partial charge in [0.05, 0.1) is 0 Å². The van der Waals surface area contributed by atoms with Gasteiger partial charge in [-0.25, -0.2) is 14.4 Å². The predicted molar refractivity (Wildman–Crippen MR) is 50.6 cm³/mol. The molecule has 1 aromatic heterocycles. The Morgan fingerprint density at radius 2 is 1.69 bits per heavy atom. The van der Waals surface area contributed by atoms with Crippen molar-refractivity contribution in [1.29, 1.82) is 0 Å². The fourth-order valence-electron chi connectivity index (χ4n) is 0.891. The van der Waals surface area contributed by atoms with Crippen molar-refractivity contribution in [2.75, 3.05) is 0 Å². The number of nitrogens with zero attached hydrogens (tertiary/aromatic N) is 2. The van der Waals surface area contributed by atoms with Gasteiger partial charge in [0.25, 0.3) is 0 Å². The van der Waals surface area contributed by atoms with Gasteiger partial charge in [0.1, 0.15) is 5.82 Å². The van der Waals surface area contributed by atoms with Crippen molar-refractivity contribution >= 4 is 23.2 Å². The molecule has 1 heterocycles. The van der Waals surface area contributed by atoms with E-state index in [1.165, 1.54) is 0 Å². The van der Waals surface area contributed by atoms with Crippen molar-refractivity contribution in [3.63, 3.8) is 0 Å². The lowest BCUT2D eigenvalue weighted by molar-refractivity contribution is 0.588. The molecule has 72 valence electrons. The fourth-order valence-corrected chi connectivity index (χ4v) is 1.31. The maximum absolute atomic E-state index is 12.9. The molecule has 0 aliphatic rings. The first-order chi connectivity index (χ1) is 6.00. The zero-order valence-electron chi connectivity index (χ0n) is 7.31. The predicted octanol–water partition coefficient (Wildman–Crippen LogP) is 3.12. The number of aromatic nitrogens is 2. The third-order valence-electron chi connectivity index (χ3n) is 1.41. The molecule has 1 rings (SSSR count). The monoisotopic (exact) mass is 222 g/mol. The van der Waals surface area contributed by atoms with Crippen molar-refractivity contribution < 1.29 is 4.39 Å². The Balaban J connectivity index is 2.99. The average Bonchev–Trinajstić information content (AvgIpc) is 1.98. The van der Waals surface area contributed by atoms with Crippen molar-refractivity contribution in [2.24, 2.45) is 5.92 Å². The maximum atomic E-state index is 12.9. The molecular formula is C8H9Cl2FN2. The summed E-state index contributed by atoms with van der Waals surface area (Å²) in [6, 6.07) is 0. The van der Waals surface area contributed by atoms with E-state index in [9.17, 15) is 4.39 Å². The van der Waals surface area contributed by atoms with E-state index in [0.717, 1.165) is 0 Å². The van der Waals surface area contributed by atoms with E-state index in [4.69, 9.17) is 23.2 Å². The summed E-state index contributed by atoms with van der Waals surface area (Å²) in [6.07, 6.45) is 0.639. The van der Waals surface area contributed by atoms with Crippen LogP contribution in [0.5, 0.6) is 0 Å². The Hall–Kier alpha value is -0.410. The summed E-state index contributed by atoms with van der Waals surface area (Å²) in [6.45, 7) is 4.02. The van der Waals surface area contributed by atoms with E-state index >= 15 is 0 Å². The van der Waals surface area contributed by atoms with E-state index in [-0.39, 0.29) is 10.3 Å². The molecule has 5 heteroatoms. The minimum Gasteiger partial charge on any atom is -0.218 e. The summed E-state index contributed by atoms with van der Waals surface area (Å²) in [4.78, 5) is 7.54. The molecule has 0 saturated carbocycles. The first-order valence-electron chi connectivity index (χ1n) is 3.88. The number of hydrogen-bond donors (Lipinski definition) is 0. The van der Waals surface area contributed by atoms with Crippen LogP contribution >= 0.6 is 23.2 Å². The van der Waals surface area contributed by atoms with Gasteiger partial charge in [-0.3, -0.25) is 0 Å². The van der Waals surface area contributed by atoms with E-state index in [2.05, 4.69) is 9.97 Å². The molecule has 0 N–H and O–H groups in total. The normalized spacial score (nSPS) is 10.9. The third-order valence-corrected chi connectivity index (χ3v) is 1.91. The zero-order chi connectivity index (χ0) is 10.0. The van der Waals surface area contributed by atoms with Crippen molar-refractivity contribution in [2.45, 2.75) is 20.3 Å². The first-order valence-corrected chi connectivity index (χ1v) is 4.63. The Morgan fingerprint density at radius 3 is 2.08 bits per heavy atom. The van der Waals surface area contributed by atoms with Crippen molar-refractivity contribution in [1.82, 2.24) is 9.97 Å². The van der Waals surface area contributed by atoms with Crippen LogP contribution in [0.15, 0.2) is 0 Å². The summed E-state index contributed by atoms with van der Waals surface area (Å²) in [5.41, 5.74) is 0. The Labute approximate surface area is 86.1 Å². The van der Waals surface area contributed by atoms with Gasteiger partial charge in [0, 0.05) is 6.42 Å². The van der Waals surface area contributed by atoms with E-state index < -0.39 is 5.82 Å². The van der Waals surface area contributed by atoms with Crippen LogP contribution in [0.3, 0.4) is 0 Å². The summed E-state index contributed by atoms with van der Waals surface area (Å²) in [5, 5.41) is -0.425. The van der Waals surface area contributed by atoms with Crippen LogP contribution in [0.1, 0.15) is 19.7 Å². The molecule has 13 heavy (non-hydrogen) atoms. The maximum Gasteiger partial charge on any atom is 0.197 e. The smallest absolute Gasteiger partial charge is 0.197 e. The van der Waals surface area contributed by atoms with Gasteiger partial charge in [0.2, 0.25) is 0 Å². The van der Waals surface area contributed by atoms with E-state index in [1.807, 2.05) is 13.8 Å². The second kappa shape index (κ2) is 4.20. The molecule has 0 aliphatic carbocycles. The first kappa shape index (κ1) is 10.7. The van der Waals surface area contributed by atoms with Gasteiger partial charge >= 0.3 is 0 Å². The van der Waals surface area contributed by atoms with Crippen LogP contribution < -0.4 is 0 Å². The molecule has 0 aliphatic heterocycles. The van der Waals surface area contributed by atoms with Crippen LogP contribution in [0.4, 0.5) is 4.39 Å². The largest absolute Gasteiger partial charge is 0.218 e. The molecule has 0 bridgehead atoms. The standard InChI is InChI=1S/C8H9Cl2FN2/c1-4(2)3-5-12-7(9)6(11)8(10)13-5/h4H,3H2,1-2H3. The Morgan fingerprint density at radius 1 is 1.23 bits per heavy atom. The number of hydrogen-bond acceptors (Lipinski definition) is 2. The highest BCUT2D eigenvalue weighted by molar-refractivity contribution is 6.33. The molecule has 0 fully saturated rings. The molecule has 0 spiro atoms. The molecule has 0 unspecified atom stereocenters. The zero-order valence-corrected chi connectivity index (χ0v) is 8.82. The SMILES string of the molecule is CC(C)Cc1nc(Cl)c(F)c(Cl)n1. The molecule has 1 aromatic rings. The van der Waals surface area contributed by atoms with Crippen LogP contribution in [-0.4, -0.2) is 9.97 Å². The highest BCUT2D eigenvalue weighted by Gasteiger charge is 2.11. The molecule has 0 atom stereocenters. The molecular weight excluding hydrogens is 214 g/mol. The molecule has 0 saturated heterocycles. The Bertz CT molecular complexity index is 292. The summed E-state index contributed by atoms with van der Waals surface area (Å²) >= 11 is 11.0. The molecule has 0 amide bonds. The fraction of sp³-hybridized carbons (Fsp3) is 0.500. The van der Waals surface area contributed by atoms with Gasteiger partial charge in [0.15, 0.2) is 16.1 Å². The summed E-state index contributed by atoms with van der Waals surface area (Å²) in [7, 11) is 0. The number of rotatable bonds is 2. The topological polar surface area (TPSA) is 25.8 Å². The summed E-state index contributed by atoms with van der Waals surface area (Å²) in [5.74, 6) is 0.111. The highest BCUT2D eigenvalue weighted by Crippen LogP contribution is 2.19. The van der Waals surface area contributed by atoms with Gasteiger partial charge in [-0.1, -0.05) is 37.0 Å². The van der Waals surface area contributed by atoms with Crippen LogP contribution in [-0.2, 0) is 6.42 Å². The minimum atomic E-state index is -0.754. The van der Waals surface area contributed by atoms with Gasteiger partial charge in [-0.2, -0.15) is 0 Å². The van der Waals surface area contributed by atoms with Crippen molar-refractivity contribution in [3.8, 4) is 0 Å².